The highest BCUT2D eigenvalue weighted by atomic mass is 15.6. The van der Waals surface area contributed by atoms with E-state index in [-0.39, 0.29) is 0 Å². The molecule has 64 valence electrons. The molecule has 0 aromatic heterocycles. The number of hydrogen-bond donors (Lipinski definition) is 2. The third-order valence-corrected chi connectivity index (χ3v) is 0.885. The molecule has 0 rings (SSSR count). The number of hydrazine groups is 1. The van der Waals surface area contributed by atoms with E-state index in [0.29, 0.717) is 25.9 Å². The Balaban J connectivity index is 3.05. The van der Waals surface area contributed by atoms with Crippen molar-refractivity contribution in [2.75, 3.05) is 13.1 Å². The van der Waals surface area contributed by atoms with Crippen LogP contribution in [0.25, 0.3) is 0 Å². The van der Waals surface area contributed by atoms with Gasteiger partial charge in [0.1, 0.15) is 0 Å². The molecule has 0 atom stereocenters. The van der Waals surface area contributed by atoms with Crippen LogP contribution in [0.5, 0.6) is 0 Å². The molecular weight excluding hydrogens is 156 g/mol. The van der Waals surface area contributed by atoms with E-state index in [1.807, 2.05) is 12.1 Å². The fraction of sp³-hybridized carbons (Fsp3) is 0.667. The zero-order valence-electron chi connectivity index (χ0n) is 6.62. The molecule has 0 aliphatic heterocycles. The summed E-state index contributed by atoms with van der Waals surface area (Å²) in [6.45, 7) is 0.914. The minimum Gasteiger partial charge on any atom is -0.224 e. The summed E-state index contributed by atoms with van der Waals surface area (Å²) >= 11 is 0. The summed E-state index contributed by atoms with van der Waals surface area (Å²) < 4.78 is 0. The van der Waals surface area contributed by atoms with Crippen LogP contribution in [0.1, 0.15) is 12.8 Å². The van der Waals surface area contributed by atoms with Gasteiger partial charge < -0.3 is 0 Å². The van der Waals surface area contributed by atoms with Crippen molar-refractivity contribution in [2.45, 2.75) is 12.8 Å². The Morgan fingerprint density at radius 3 is 2.58 bits per heavy atom. The lowest BCUT2D eigenvalue weighted by Crippen LogP contribution is -2.27. The third-order valence-electron chi connectivity index (χ3n) is 0.885. The zero-order valence-corrected chi connectivity index (χ0v) is 6.62. The van der Waals surface area contributed by atoms with Gasteiger partial charge in [0.05, 0.1) is 25.1 Å². The Kier molecular flexibility index (Phi) is 8.05. The summed E-state index contributed by atoms with van der Waals surface area (Å²) in [4.78, 5) is 0. The lowest BCUT2D eigenvalue weighted by molar-refractivity contribution is 0.532. The van der Waals surface area contributed by atoms with Crippen molar-refractivity contribution < 1.29 is 0 Å². The predicted octanol–water partition coefficient (Wildman–Crippen LogP) is 0.275. The molecule has 0 fully saturated rings. The summed E-state index contributed by atoms with van der Waals surface area (Å²) in [7, 11) is 0. The van der Waals surface area contributed by atoms with Crippen molar-refractivity contribution in [2.24, 2.45) is 10.3 Å². The number of nitrogens with one attached hydrogen (secondary N) is 2. The van der Waals surface area contributed by atoms with E-state index in [2.05, 4.69) is 21.3 Å². The van der Waals surface area contributed by atoms with E-state index in [1.165, 1.54) is 0 Å². The van der Waals surface area contributed by atoms with Gasteiger partial charge in [-0.25, -0.2) is 11.0 Å². The van der Waals surface area contributed by atoms with Crippen LogP contribution in [0, 0.1) is 22.7 Å². The molecular formula is C6H10N6. The van der Waals surface area contributed by atoms with Crippen LogP contribution in [0.4, 0.5) is 0 Å². The first-order valence-electron chi connectivity index (χ1n) is 3.50. The second-order valence-electron chi connectivity index (χ2n) is 1.82. The maximum atomic E-state index is 8.13. The molecule has 0 heterocycles. The molecule has 0 radical (unpaired) electrons. The lowest BCUT2D eigenvalue weighted by Gasteiger charge is -1.96. The minimum atomic E-state index is 0.364. The second kappa shape index (κ2) is 9.34. The minimum absolute atomic E-state index is 0.364. The fourth-order valence-corrected chi connectivity index (χ4v) is 0.395. The Hall–Kier alpha value is -1.66. The van der Waals surface area contributed by atoms with E-state index < -0.39 is 0 Å². The monoisotopic (exact) mass is 166 g/mol. The van der Waals surface area contributed by atoms with Crippen LogP contribution >= 0.6 is 0 Å². The quantitative estimate of drug-likeness (QED) is 0.336. The van der Waals surface area contributed by atoms with E-state index in [1.54, 1.807) is 0 Å². The predicted molar refractivity (Wildman–Crippen MR) is 41.3 cm³/mol. The van der Waals surface area contributed by atoms with Gasteiger partial charge in [-0.2, -0.15) is 15.6 Å². The summed E-state index contributed by atoms with van der Waals surface area (Å²) in [5.74, 6) is 0. The molecule has 0 amide bonds. The summed E-state index contributed by atoms with van der Waals surface area (Å²) in [6, 6.07) is 3.89. The highest BCUT2D eigenvalue weighted by molar-refractivity contribution is 4.69. The maximum Gasteiger partial charge on any atom is 0.0750 e. The van der Waals surface area contributed by atoms with E-state index >= 15 is 0 Å². The molecule has 0 unspecified atom stereocenters. The van der Waals surface area contributed by atoms with Gasteiger partial charge >= 0.3 is 0 Å². The molecule has 0 saturated carbocycles. The van der Waals surface area contributed by atoms with Gasteiger partial charge in [-0.1, -0.05) is 5.22 Å². The standard InChI is InChI=1S/C6H10N6/c7-3-1-5-9-11-12-10-6-2-4-8/h1-2,5-6H2,(H,9,12)(H,10,11). The molecule has 0 spiro atoms. The molecule has 0 bridgehead atoms. The molecule has 6 heteroatoms. The van der Waals surface area contributed by atoms with Crippen LogP contribution in [-0.4, -0.2) is 13.1 Å². The van der Waals surface area contributed by atoms with Crippen LogP contribution < -0.4 is 11.0 Å². The average molecular weight is 166 g/mol. The number of hydrogen-bond acceptors (Lipinski definition) is 5. The molecule has 0 aromatic carbocycles. The topological polar surface area (TPSA) is 96.4 Å². The summed E-state index contributed by atoms with van der Waals surface area (Å²) in [6.07, 6.45) is 0.782. The SMILES string of the molecule is N#CCCN=NNNCCC#N. The first kappa shape index (κ1) is 10.3. The van der Waals surface area contributed by atoms with Gasteiger partial charge in [-0.05, 0) is 0 Å². The van der Waals surface area contributed by atoms with Gasteiger partial charge in [0, 0.05) is 13.0 Å². The molecule has 0 aromatic rings. The highest BCUT2D eigenvalue weighted by Gasteiger charge is 1.80. The Labute approximate surface area is 70.8 Å². The van der Waals surface area contributed by atoms with Crippen molar-refractivity contribution >= 4 is 0 Å². The Morgan fingerprint density at radius 2 is 1.92 bits per heavy atom. The van der Waals surface area contributed by atoms with Crippen molar-refractivity contribution in [3.63, 3.8) is 0 Å². The first-order chi connectivity index (χ1) is 5.91. The third kappa shape index (κ3) is 8.34. The van der Waals surface area contributed by atoms with Gasteiger partial charge in [0.15, 0.2) is 0 Å². The van der Waals surface area contributed by atoms with Crippen molar-refractivity contribution in [3.8, 4) is 12.1 Å². The van der Waals surface area contributed by atoms with Crippen LogP contribution in [0.3, 0.4) is 0 Å². The van der Waals surface area contributed by atoms with Gasteiger partial charge in [0.25, 0.3) is 0 Å². The van der Waals surface area contributed by atoms with E-state index in [4.69, 9.17) is 10.5 Å². The van der Waals surface area contributed by atoms with Gasteiger partial charge in [0.2, 0.25) is 0 Å². The molecule has 2 N–H and O–H groups in total. The zero-order chi connectivity index (χ0) is 9.07. The molecule has 12 heavy (non-hydrogen) atoms. The van der Waals surface area contributed by atoms with Crippen LogP contribution in [0.2, 0.25) is 0 Å². The largest absolute Gasteiger partial charge is 0.224 e. The Bertz CT molecular complexity index is 197. The van der Waals surface area contributed by atoms with Crippen molar-refractivity contribution in [1.29, 1.82) is 10.5 Å². The van der Waals surface area contributed by atoms with E-state index in [0.717, 1.165) is 0 Å². The lowest BCUT2D eigenvalue weighted by atomic mass is 10.5. The van der Waals surface area contributed by atoms with Crippen molar-refractivity contribution in [3.05, 3.63) is 0 Å². The second-order valence-corrected chi connectivity index (χ2v) is 1.82. The van der Waals surface area contributed by atoms with E-state index in [9.17, 15) is 0 Å². The highest BCUT2D eigenvalue weighted by Crippen LogP contribution is 1.76. The summed E-state index contributed by atoms with van der Waals surface area (Å²) in [5, 5.41) is 23.3. The van der Waals surface area contributed by atoms with Crippen LogP contribution in [-0.2, 0) is 0 Å². The fourth-order valence-electron chi connectivity index (χ4n) is 0.395. The molecule has 6 nitrogen and oxygen atoms in total. The number of nitrogens with zero attached hydrogens (tertiary/aromatic N) is 4. The van der Waals surface area contributed by atoms with Crippen molar-refractivity contribution in [1.82, 2.24) is 11.0 Å². The van der Waals surface area contributed by atoms with Gasteiger partial charge in [-0.15, -0.1) is 0 Å². The first-order valence-corrected chi connectivity index (χ1v) is 3.50. The van der Waals surface area contributed by atoms with Crippen LogP contribution in [0.15, 0.2) is 10.3 Å². The maximum absolute atomic E-state index is 8.13. The van der Waals surface area contributed by atoms with Gasteiger partial charge in [-0.3, -0.25) is 0 Å². The summed E-state index contributed by atoms with van der Waals surface area (Å²) in [5.41, 5.74) is 5.07. The molecule has 0 aliphatic carbocycles. The Morgan fingerprint density at radius 1 is 1.17 bits per heavy atom. The number of rotatable bonds is 6. The number of nitriles is 2. The normalized spacial score (nSPS) is 9.17. The average Bonchev–Trinajstić information content (AvgIpc) is 2.10. The smallest absolute Gasteiger partial charge is 0.0750 e. The molecule has 0 saturated heterocycles. The molecule has 0 aliphatic rings.